The van der Waals surface area contributed by atoms with Gasteiger partial charge in [0.05, 0.1) is 5.56 Å². The van der Waals surface area contributed by atoms with E-state index in [1.165, 1.54) is 0 Å². The van der Waals surface area contributed by atoms with Gasteiger partial charge in [-0.1, -0.05) is 18.2 Å². The number of carbonyl (C=O) groups is 2. The highest BCUT2D eigenvalue weighted by Crippen LogP contribution is 2.29. The van der Waals surface area contributed by atoms with Gasteiger partial charge in [-0.15, -0.1) is 0 Å². The molecule has 0 saturated heterocycles. The molecule has 0 aliphatic rings. The molecule has 0 atom stereocenters. The van der Waals surface area contributed by atoms with Crippen molar-refractivity contribution in [3.05, 3.63) is 70.3 Å². The van der Waals surface area contributed by atoms with Gasteiger partial charge in [-0.25, -0.2) is 0 Å². The molecule has 0 heterocycles. The van der Waals surface area contributed by atoms with E-state index >= 15 is 0 Å². The molecule has 5 nitrogen and oxygen atoms in total. The van der Waals surface area contributed by atoms with Crippen molar-refractivity contribution in [2.45, 2.75) is 20.0 Å². The topological polar surface area (TPSA) is 70.2 Å². The Labute approximate surface area is 158 Å². The second kappa shape index (κ2) is 8.17. The first kappa shape index (κ1) is 20.4. The minimum absolute atomic E-state index is 0.000579. The molecule has 0 spiro atoms. The summed E-state index contributed by atoms with van der Waals surface area (Å²) in [5.41, 5.74) is 5.71. The molecular formula is C18H16F3N3O2S. The van der Waals surface area contributed by atoms with Crippen molar-refractivity contribution in [3.63, 3.8) is 0 Å². The van der Waals surface area contributed by atoms with Crippen LogP contribution >= 0.6 is 12.2 Å². The third kappa shape index (κ3) is 5.27. The van der Waals surface area contributed by atoms with E-state index in [1.54, 1.807) is 26.0 Å². The van der Waals surface area contributed by atoms with E-state index in [0.29, 0.717) is 5.56 Å². The standard InChI is InChI=1S/C18H16F3N3O2S/c1-10-4-3-5-11(2)14(10)16(26)22-17(27)24-23-15(25)12-6-8-13(9-7-12)18(19,20)21/h3-9H,1-2H3,(H,23,25)(H2,22,24,26,27). The number of rotatable bonds is 2. The smallest absolute Gasteiger partial charge is 0.298 e. The minimum Gasteiger partial charge on any atom is -0.298 e. The molecule has 142 valence electrons. The van der Waals surface area contributed by atoms with Crippen molar-refractivity contribution in [1.29, 1.82) is 0 Å². The Balaban J connectivity index is 1.93. The lowest BCUT2D eigenvalue weighted by Gasteiger charge is -2.13. The average molecular weight is 395 g/mol. The van der Waals surface area contributed by atoms with E-state index in [4.69, 9.17) is 12.2 Å². The maximum atomic E-state index is 12.5. The van der Waals surface area contributed by atoms with Gasteiger partial charge in [0.2, 0.25) is 0 Å². The van der Waals surface area contributed by atoms with Gasteiger partial charge in [0.1, 0.15) is 0 Å². The first-order valence-electron chi connectivity index (χ1n) is 7.74. The Morgan fingerprint density at radius 2 is 1.44 bits per heavy atom. The van der Waals surface area contributed by atoms with Crippen LogP contribution in [0.3, 0.4) is 0 Å². The quantitative estimate of drug-likeness (QED) is 0.539. The summed E-state index contributed by atoms with van der Waals surface area (Å²) in [4.78, 5) is 24.2. The molecule has 27 heavy (non-hydrogen) atoms. The number of hydrogen-bond acceptors (Lipinski definition) is 3. The number of hydrogen-bond donors (Lipinski definition) is 3. The van der Waals surface area contributed by atoms with Gasteiger partial charge in [-0.2, -0.15) is 13.2 Å². The zero-order chi connectivity index (χ0) is 20.2. The Morgan fingerprint density at radius 1 is 0.889 bits per heavy atom. The summed E-state index contributed by atoms with van der Waals surface area (Å²) >= 11 is 4.95. The Bertz CT molecular complexity index is 860. The number of thiocarbonyl (C=S) groups is 1. The zero-order valence-corrected chi connectivity index (χ0v) is 15.2. The van der Waals surface area contributed by atoms with Crippen molar-refractivity contribution >= 4 is 29.1 Å². The summed E-state index contributed by atoms with van der Waals surface area (Å²) < 4.78 is 37.6. The number of halogens is 3. The van der Waals surface area contributed by atoms with Crippen LogP contribution in [0.5, 0.6) is 0 Å². The fourth-order valence-electron chi connectivity index (χ4n) is 2.37. The van der Waals surface area contributed by atoms with Crippen LogP contribution in [-0.2, 0) is 6.18 Å². The fourth-order valence-corrected chi connectivity index (χ4v) is 2.51. The van der Waals surface area contributed by atoms with E-state index in [9.17, 15) is 22.8 Å². The van der Waals surface area contributed by atoms with E-state index in [-0.39, 0.29) is 10.7 Å². The van der Waals surface area contributed by atoms with Gasteiger partial charge < -0.3 is 0 Å². The molecule has 2 amide bonds. The highest BCUT2D eigenvalue weighted by Gasteiger charge is 2.30. The predicted octanol–water partition coefficient (Wildman–Crippen LogP) is 3.27. The lowest BCUT2D eigenvalue weighted by atomic mass is 10.0. The molecule has 3 N–H and O–H groups in total. The van der Waals surface area contributed by atoms with E-state index in [1.807, 2.05) is 6.07 Å². The molecule has 0 aliphatic heterocycles. The lowest BCUT2D eigenvalue weighted by molar-refractivity contribution is -0.137. The normalized spacial score (nSPS) is 10.9. The van der Waals surface area contributed by atoms with Gasteiger partial charge in [0.15, 0.2) is 5.11 Å². The van der Waals surface area contributed by atoms with Crippen molar-refractivity contribution in [1.82, 2.24) is 16.2 Å². The third-order valence-corrected chi connectivity index (χ3v) is 3.90. The molecule has 9 heteroatoms. The summed E-state index contributed by atoms with van der Waals surface area (Å²) in [5, 5.41) is 2.28. The van der Waals surface area contributed by atoms with E-state index in [2.05, 4.69) is 16.2 Å². The van der Waals surface area contributed by atoms with Crippen LogP contribution in [0.25, 0.3) is 0 Å². The molecule has 0 aromatic heterocycles. The Morgan fingerprint density at radius 3 is 1.96 bits per heavy atom. The molecule has 2 aromatic carbocycles. The first-order chi connectivity index (χ1) is 12.6. The molecule has 0 unspecified atom stereocenters. The molecule has 2 rings (SSSR count). The first-order valence-corrected chi connectivity index (χ1v) is 8.15. The molecule has 0 aliphatic carbocycles. The average Bonchev–Trinajstić information content (AvgIpc) is 2.59. The van der Waals surface area contributed by atoms with Crippen LogP contribution in [0.2, 0.25) is 0 Å². The maximum Gasteiger partial charge on any atom is 0.416 e. The van der Waals surface area contributed by atoms with Gasteiger partial charge >= 0.3 is 6.18 Å². The second-order valence-corrected chi connectivity index (χ2v) is 6.11. The number of benzene rings is 2. The molecule has 0 bridgehead atoms. The largest absolute Gasteiger partial charge is 0.416 e. The molecule has 0 fully saturated rings. The van der Waals surface area contributed by atoms with Gasteiger partial charge in [0, 0.05) is 11.1 Å². The summed E-state index contributed by atoms with van der Waals surface area (Å²) in [6.07, 6.45) is -4.48. The molecule has 0 saturated carbocycles. The van der Waals surface area contributed by atoms with Crippen molar-refractivity contribution < 1.29 is 22.8 Å². The Kier molecular flexibility index (Phi) is 6.17. The van der Waals surface area contributed by atoms with Crippen molar-refractivity contribution in [3.8, 4) is 0 Å². The minimum atomic E-state index is -4.48. The second-order valence-electron chi connectivity index (χ2n) is 5.70. The van der Waals surface area contributed by atoms with Crippen molar-refractivity contribution in [2.24, 2.45) is 0 Å². The van der Waals surface area contributed by atoms with Gasteiger partial charge in [-0.05, 0) is 61.5 Å². The van der Waals surface area contributed by atoms with Crippen LogP contribution in [0.4, 0.5) is 13.2 Å². The molecular weight excluding hydrogens is 379 g/mol. The monoisotopic (exact) mass is 395 g/mol. The summed E-state index contributed by atoms with van der Waals surface area (Å²) in [6, 6.07) is 9.07. The SMILES string of the molecule is Cc1cccc(C)c1C(=O)NC(=S)NNC(=O)c1ccc(C(F)(F)F)cc1. The van der Waals surface area contributed by atoms with E-state index < -0.39 is 23.6 Å². The maximum absolute atomic E-state index is 12.5. The van der Waals surface area contributed by atoms with Gasteiger partial charge in [0.25, 0.3) is 11.8 Å². The summed E-state index contributed by atoms with van der Waals surface area (Å²) in [7, 11) is 0. The van der Waals surface area contributed by atoms with E-state index in [0.717, 1.165) is 35.4 Å². The lowest BCUT2D eigenvalue weighted by Crippen LogP contribution is -2.48. The number of nitrogens with one attached hydrogen (secondary N) is 3. The third-order valence-electron chi connectivity index (χ3n) is 3.70. The van der Waals surface area contributed by atoms with Crippen molar-refractivity contribution in [2.75, 3.05) is 0 Å². The van der Waals surface area contributed by atoms with Gasteiger partial charge in [-0.3, -0.25) is 25.8 Å². The fraction of sp³-hybridized carbons (Fsp3) is 0.167. The predicted molar refractivity (Wildman–Crippen MR) is 98.0 cm³/mol. The number of aryl methyl sites for hydroxylation is 2. The number of hydrazine groups is 1. The number of amides is 2. The molecule has 2 aromatic rings. The highest BCUT2D eigenvalue weighted by atomic mass is 32.1. The highest BCUT2D eigenvalue weighted by molar-refractivity contribution is 7.80. The zero-order valence-electron chi connectivity index (χ0n) is 14.4. The van der Waals surface area contributed by atoms with Crippen LogP contribution in [0, 0.1) is 13.8 Å². The van der Waals surface area contributed by atoms with Crippen LogP contribution in [0.15, 0.2) is 42.5 Å². The molecule has 0 radical (unpaired) electrons. The van der Waals surface area contributed by atoms with Crippen LogP contribution < -0.4 is 16.2 Å². The summed E-state index contributed by atoms with van der Waals surface area (Å²) in [6.45, 7) is 3.57. The van der Waals surface area contributed by atoms with Crippen LogP contribution in [-0.4, -0.2) is 16.9 Å². The summed E-state index contributed by atoms with van der Waals surface area (Å²) in [5.74, 6) is -1.14. The number of carbonyl (C=O) groups excluding carboxylic acids is 2. The van der Waals surface area contributed by atoms with Crippen LogP contribution in [0.1, 0.15) is 37.4 Å². The Hall–Kier alpha value is -2.94. The number of alkyl halides is 3.